The molecule has 13 heavy (non-hydrogen) atoms. The maximum absolute atomic E-state index is 5.68. The summed E-state index contributed by atoms with van der Waals surface area (Å²) in [5.74, 6) is 1.91. The summed E-state index contributed by atoms with van der Waals surface area (Å²) in [6.45, 7) is 0.820. The lowest BCUT2D eigenvalue weighted by Gasteiger charge is -2.12. The predicted molar refractivity (Wildman–Crippen MR) is 57.5 cm³/mol. The first-order valence-electron chi connectivity index (χ1n) is 4.63. The van der Waals surface area contributed by atoms with Gasteiger partial charge in [0, 0.05) is 5.41 Å². The molecule has 1 aromatic rings. The van der Waals surface area contributed by atoms with Gasteiger partial charge >= 0.3 is 0 Å². The molecule has 2 rings (SSSR count). The monoisotopic (exact) mass is 194 g/mol. The molecular formula is C11H14OS. The van der Waals surface area contributed by atoms with Crippen LogP contribution in [0.25, 0.3) is 0 Å². The van der Waals surface area contributed by atoms with E-state index in [4.69, 9.17) is 4.74 Å². The van der Waals surface area contributed by atoms with E-state index in [9.17, 15) is 0 Å². The minimum atomic E-state index is 0.388. The van der Waals surface area contributed by atoms with E-state index >= 15 is 0 Å². The van der Waals surface area contributed by atoms with E-state index in [0.29, 0.717) is 5.41 Å². The number of hydrogen-bond acceptors (Lipinski definition) is 2. The Labute approximate surface area is 84.5 Å². The van der Waals surface area contributed by atoms with Crippen molar-refractivity contribution >= 4 is 12.6 Å². The highest BCUT2D eigenvalue weighted by Crippen LogP contribution is 2.46. The van der Waals surface area contributed by atoms with Crippen LogP contribution in [-0.2, 0) is 0 Å². The maximum Gasteiger partial charge on any atom is 0.119 e. The summed E-state index contributed by atoms with van der Waals surface area (Å²) in [7, 11) is 0. The molecule has 0 heterocycles. The van der Waals surface area contributed by atoms with Gasteiger partial charge in [-0.15, -0.1) is 0 Å². The van der Waals surface area contributed by atoms with E-state index in [0.717, 1.165) is 18.1 Å². The molecule has 0 aromatic heterocycles. The smallest absolute Gasteiger partial charge is 0.119 e. The molecule has 0 atom stereocenters. The molecule has 1 nitrogen and oxygen atoms in total. The maximum atomic E-state index is 5.68. The Morgan fingerprint density at radius 1 is 1.23 bits per heavy atom. The van der Waals surface area contributed by atoms with E-state index in [1.807, 2.05) is 30.3 Å². The molecule has 1 aromatic carbocycles. The van der Waals surface area contributed by atoms with Gasteiger partial charge in [-0.05, 0) is 30.7 Å². The summed E-state index contributed by atoms with van der Waals surface area (Å²) >= 11 is 4.33. The Kier molecular flexibility index (Phi) is 2.49. The molecule has 0 amide bonds. The topological polar surface area (TPSA) is 9.23 Å². The summed E-state index contributed by atoms with van der Waals surface area (Å²) in [5, 5.41) is 0. The number of ether oxygens (including phenoxy) is 1. The Hall–Kier alpha value is -0.630. The number of rotatable bonds is 4. The lowest BCUT2D eigenvalue weighted by molar-refractivity contribution is 0.251. The van der Waals surface area contributed by atoms with Crippen LogP contribution in [0.1, 0.15) is 12.8 Å². The number of benzene rings is 1. The van der Waals surface area contributed by atoms with Crippen molar-refractivity contribution in [2.45, 2.75) is 12.8 Å². The van der Waals surface area contributed by atoms with Crippen molar-refractivity contribution in [2.75, 3.05) is 12.4 Å². The summed E-state index contributed by atoms with van der Waals surface area (Å²) in [6, 6.07) is 9.98. The van der Waals surface area contributed by atoms with Crippen molar-refractivity contribution in [3.8, 4) is 5.75 Å². The van der Waals surface area contributed by atoms with Crippen molar-refractivity contribution in [3.63, 3.8) is 0 Å². The second-order valence-corrected chi connectivity index (χ2v) is 4.08. The van der Waals surface area contributed by atoms with Crippen LogP contribution >= 0.6 is 12.6 Å². The molecule has 1 fully saturated rings. The Balaban J connectivity index is 1.86. The van der Waals surface area contributed by atoms with Gasteiger partial charge in [-0.2, -0.15) is 12.6 Å². The number of hydrogen-bond donors (Lipinski definition) is 1. The van der Waals surface area contributed by atoms with Crippen LogP contribution in [0.4, 0.5) is 0 Å². The van der Waals surface area contributed by atoms with E-state index < -0.39 is 0 Å². The largest absolute Gasteiger partial charge is 0.493 e. The van der Waals surface area contributed by atoms with Gasteiger partial charge in [-0.1, -0.05) is 18.2 Å². The molecule has 0 bridgehead atoms. The number of thiol groups is 1. The lowest BCUT2D eigenvalue weighted by Crippen LogP contribution is -2.14. The van der Waals surface area contributed by atoms with Crippen LogP contribution in [0.2, 0.25) is 0 Å². The van der Waals surface area contributed by atoms with Crippen LogP contribution in [0.5, 0.6) is 5.75 Å². The van der Waals surface area contributed by atoms with Gasteiger partial charge in [0.05, 0.1) is 6.61 Å². The zero-order valence-electron chi connectivity index (χ0n) is 7.57. The van der Waals surface area contributed by atoms with Crippen molar-refractivity contribution in [3.05, 3.63) is 30.3 Å². The van der Waals surface area contributed by atoms with Crippen LogP contribution in [0, 0.1) is 5.41 Å². The molecule has 2 heteroatoms. The average molecular weight is 194 g/mol. The Morgan fingerprint density at radius 2 is 1.92 bits per heavy atom. The summed E-state index contributed by atoms with van der Waals surface area (Å²) < 4.78 is 5.68. The summed E-state index contributed by atoms with van der Waals surface area (Å²) in [6.07, 6.45) is 2.53. The van der Waals surface area contributed by atoms with Gasteiger partial charge in [0.25, 0.3) is 0 Å². The van der Waals surface area contributed by atoms with Crippen molar-refractivity contribution in [1.82, 2.24) is 0 Å². The molecule has 0 unspecified atom stereocenters. The second-order valence-electron chi connectivity index (χ2n) is 3.76. The quantitative estimate of drug-likeness (QED) is 0.725. The first-order valence-corrected chi connectivity index (χ1v) is 5.27. The minimum Gasteiger partial charge on any atom is -0.493 e. The fourth-order valence-electron chi connectivity index (χ4n) is 1.28. The van der Waals surface area contributed by atoms with Crippen LogP contribution in [-0.4, -0.2) is 12.4 Å². The molecular weight excluding hydrogens is 180 g/mol. The Morgan fingerprint density at radius 3 is 2.46 bits per heavy atom. The normalized spacial score (nSPS) is 18.2. The molecule has 0 saturated heterocycles. The minimum absolute atomic E-state index is 0.388. The summed E-state index contributed by atoms with van der Waals surface area (Å²) in [4.78, 5) is 0. The van der Waals surface area contributed by atoms with E-state index in [1.165, 1.54) is 12.8 Å². The van der Waals surface area contributed by atoms with E-state index in [1.54, 1.807) is 0 Å². The lowest BCUT2D eigenvalue weighted by atomic mass is 10.2. The number of para-hydroxylation sites is 1. The molecule has 1 aliphatic carbocycles. The molecule has 0 radical (unpaired) electrons. The van der Waals surface area contributed by atoms with Gasteiger partial charge < -0.3 is 4.74 Å². The molecule has 70 valence electrons. The zero-order chi connectivity index (χ0) is 9.15. The molecule has 1 saturated carbocycles. The highest BCUT2D eigenvalue weighted by molar-refractivity contribution is 7.80. The van der Waals surface area contributed by atoms with Crippen molar-refractivity contribution < 1.29 is 4.74 Å². The summed E-state index contributed by atoms with van der Waals surface area (Å²) in [5.41, 5.74) is 0.388. The van der Waals surface area contributed by atoms with Crippen LogP contribution in [0.15, 0.2) is 30.3 Å². The average Bonchev–Trinajstić information content (AvgIpc) is 2.97. The third-order valence-corrected chi connectivity index (χ3v) is 3.25. The SMILES string of the molecule is SCC1(COc2ccccc2)CC1. The fraction of sp³-hybridized carbons (Fsp3) is 0.455. The Bertz CT molecular complexity index is 267. The standard InChI is InChI=1S/C11H14OS/c13-9-11(6-7-11)8-12-10-4-2-1-3-5-10/h1-5,13H,6-9H2. The third kappa shape index (κ3) is 2.19. The first kappa shape index (κ1) is 8.95. The third-order valence-electron chi connectivity index (χ3n) is 2.58. The van der Waals surface area contributed by atoms with E-state index in [2.05, 4.69) is 12.6 Å². The second kappa shape index (κ2) is 3.62. The predicted octanol–water partition coefficient (Wildman–Crippen LogP) is 2.78. The van der Waals surface area contributed by atoms with Crippen molar-refractivity contribution in [1.29, 1.82) is 0 Å². The fourth-order valence-corrected chi connectivity index (χ4v) is 1.69. The first-order chi connectivity index (χ1) is 6.35. The molecule has 0 aliphatic heterocycles. The van der Waals surface area contributed by atoms with Gasteiger partial charge in [-0.25, -0.2) is 0 Å². The molecule has 0 spiro atoms. The van der Waals surface area contributed by atoms with Gasteiger partial charge in [0.1, 0.15) is 5.75 Å². The van der Waals surface area contributed by atoms with Crippen molar-refractivity contribution in [2.24, 2.45) is 5.41 Å². The van der Waals surface area contributed by atoms with E-state index in [-0.39, 0.29) is 0 Å². The van der Waals surface area contributed by atoms with Gasteiger partial charge in [-0.3, -0.25) is 0 Å². The van der Waals surface area contributed by atoms with Crippen LogP contribution < -0.4 is 4.74 Å². The molecule has 0 N–H and O–H groups in total. The highest BCUT2D eigenvalue weighted by Gasteiger charge is 2.42. The van der Waals surface area contributed by atoms with Gasteiger partial charge in [0.15, 0.2) is 0 Å². The molecule has 1 aliphatic rings. The van der Waals surface area contributed by atoms with Gasteiger partial charge in [0.2, 0.25) is 0 Å². The zero-order valence-corrected chi connectivity index (χ0v) is 8.47. The van der Waals surface area contributed by atoms with Crippen LogP contribution in [0.3, 0.4) is 0 Å². The highest BCUT2D eigenvalue weighted by atomic mass is 32.1.